The maximum Gasteiger partial charge on any atom is 0.0103 e. The summed E-state index contributed by atoms with van der Waals surface area (Å²) >= 11 is 3.71. The first kappa shape index (κ1) is 9.89. The molecule has 0 amide bonds. The van der Waals surface area contributed by atoms with E-state index in [4.69, 9.17) is 0 Å². The Bertz CT molecular complexity index is 333. The van der Waals surface area contributed by atoms with Crippen molar-refractivity contribution in [1.82, 2.24) is 0 Å². The van der Waals surface area contributed by atoms with Crippen LogP contribution in [0.2, 0.25) is 0 Å². The van der Waals surface area contributed by atoms with E-state index in [1.165, 1.54) is 25.7 Å². The number of halogens is 1. The number of rotatable bonds is 1. The monoisotopic (exact) mass is 264 g/mol. The fourth-order valence-corrected chi connectivity index (χ4v) is 4.47. The topological polar surface area (TPSA) is 0 Å². The Kier molecular flexibility index (Phi) is 2.59. The van der Waals surface area contributed by atoms with Gasteiger partial charge in [-0.2, -0.15) is 0 Å². The summed E-state index contributed by atoms with van der Waals surface area (Å²) in [6.07, 6.45) is 5.74. The van der Waals surface area contributed by atoms with Crippen LogP contribution in [0.5, 0.6) is 0 Å². The van der Waals surface area contributed by atoms with Crippen LogP contribution in [0.15, 0.2) is 24.3 Å². The van der Waals surface area contributed by atoms with E-state index in [0.29, 0.717) is 0 Å². The van der Waals surface area contributed by atoms with Gasteiger partial charge in [-0.15, -0.1) is 0 Å². The fraction of sp³-hybridized carbons (Fsp3) is 0.571. The van der Waals surface area contributed by atoms with Crippen LogP contribution in [-0.4, -0.2) is 5.33 Å². The molecule has 1 heteroatoms. The summed E-state index contributed by atoms with van der Waals surface area (Å²) in [6.45, 7) is 0. The quantitative estimate of drug-likeness (QED) is 0.658. The molecule has 3 unspecified atom stereocenters. The number of hydrogen-bond acceptors (Lipinski definition) is 0. The summed E-state index contributed by atoms with van der Waals surface area (Å²) in [4.78, 5) is 0. The van der Waals surface area contributed by atoms with Crippen LogP contribution in [0.1, 0.15) is 48.6 Å². The van der Waals surface area contributed by atoms with Crippen molar-refractivity contribution < 1.29 is 0 Å². The van der Waals surface area contributed by atoms with Gasteiger partial charge in [-0.05, 0) is 41.7 Å². The van der Waals surface area contributed by atoms with Crippen LogP contribution in [0.4, 0.5) is 0 Å². The van der Waals surface area contributed by atoms with Crippen LogP contribution < -0.4 is 0 Å². The van der Waals surface area contributed by atoms with Gasteiger partial charge in [-0.1, -0.05) is 53.0 Å². The van der Waals surface area contributed by atoms with Gasteiger partial charge < -0.3 is 0 Å². The van der Waals surface area contributed by atoms with E-state index in [1.54, 1.807) is 11.1 Å². The predicted octanol–water partition coefficient (Wildman–Crippen LogP) is 4.45. The zero-order chi connectivity index (χ0) is 10.3. The molecule has 1 saturated carbocycles. The van der Waals surface area contributed by atoms with Crippen molar-refractivity contribution in [2.45, 2.75) is 37.5 Å². The summed E-state index contributed by atoms with van der Waals surface area (Å²) in [5.41, 5.74) is 3.29. The second-order valence-electron chi connectivity index (χ2n) is 4.94. The van der Waals surface area contributed by atoms with Crippen molar-refractivity contribution in [3.63, 3.8) is 0 Å². The second-order valence-corrected chi connectivity index (χ2v) is 5.59. The van der Waals surface area contributed by atoms with Gasteiger partial charge in [0.15, 0.2) is 0 Å². The third kappa shape index (κ3) is 1.47. The van der Waals surface area contributed by atoms with E-state index in [9.17, 15) is 0 Å². The molecule has 2 aliphatic rings. The highest BCUT2D eigenvalue weighted by Gasteiger charge is 2.40. The van der Waals surface area contributed by atoms with E-state index < -0.39 is 0 Å². The summed E-state index contributed by atoms with van der Waals surface area (Å²) in [5, 5.41) is 1.14. The Morgan fingerprint density at radius 3 is 2.60 bits per heavy atom. The largest absolute Gasteiger partial charge is 0.0921 e. The summed E-state index contributed by atoms with van der Waals surface area (Å²) in [6, 6.07) is 9.12. The van der Waals surface area contributed by atoms with Crippen LogP contribution in [0, 0.1) is 5.92 Å². The molecule has 0 spiro atoms. The molecular formula is C14H17Br. The predicted molar refractivity (Wildman–Crippen MR) is 67.7 cm³/mol. The summed E-state index contributed by atoms with van der Waals surface area (Å²) < 4.78 is 0. The zero-order valence-electron chi connectivity index (χ0n) is 8.95. The Labute approximate surface area is 100 Å². The minimum absolute atomic E-state index is 0.784. The molecule has 0 nitrogen and oxygen atoms in total. The first-order valence-electron chi connectivity index (χ1n) is 6.06. The molecule has 0 aromatic heterocycles. The van der Waals surface area contributed by atoms with Gasteiger partial charge in [0.25, 0.3) is 0 Å². The first-order chi connectivity index (χ1) is 7.42. The Morgan fingerprint density at radius 2 is 1.80 bits per heavy atom. The summed E-state index contributed by atoms with van der Waals surface area (Å²) in [5.74, 6) is 2.58. The van der Waals surface area contributed by atoms with Crippen LogP contribution >= 0.6 is 15.9 Å². The van der Waals surface area contributed by atoms with Gasteiger partial charge in [0, 0.05) is 5.33 Å². The molecule has 80 valence electrons. The van der Waals surface area contributed by atoms with Gasteiger partial charge in [-0.3, -0.25) is 0 Å². The minimum Gasteiger partial charge on any atom is -0.0921 e. The maximum absolute atomic E-state index is 3.71. The van der Waals surface area contributed by atoms with Crippen molar-refractivity contribution in [3.05, 3.63) is 35.4 Å². The van der Waals surface area contributed by atoms with E-state index in [0.717, 1.165) is 23.1 Å². The SMILES string of the molecule is BrCC1c2ccccc2C2CCCCC12. The van der Waals surface area contributed by atoms with Gasteiger partial charge in [0.2, 0.25) is 0 Å². The van der Waals surface area contributed by atoms with Gasteiger partial charge in [0.1, 0.15) is 0 Å². The molecule has 0 aliphatic heterocycles. The molecule has 0 bridgehead atoms. The lowest BCUT2D eigenvalue weighted by molar-refractivity contribution is 0.302. The highest BCUT2D eigenvalue weighted by atomic mass is 79.9. The smallest absolute Gasteiger partial charge is 0.0103 e. The van der Waals surface area contributed by atoms with E-state index >= 15 is 0 Å². The van der Waals surface area contributed by atoms with Crippen molar-refractivity contribution in [1.29, 1.82) is 0 Å². The molecule has 1 aromatic rings. The van der Waals surface area contributed by atoms with Gasteiger partial charge >= 0.3 is 0 Å². The van der Waals surface area contributed by atoms with Crippen molar-refractivity contribution >= 4 is 15.9 Å². The van der Waals surface area contributed by atoms with Crippen LogP contribution in [-0.2, 0) is 0 Å². The molecule has 0 heterocycles. The lowest BCUT2D eigenvalue weighted by Gasteiger charge is -2.29. The standard InChI is InChI=1S/C14H17Br/c15-9-14-12-7-3-1-5-10(12)11-6-2-4-8-13(11)14/h1,3,5,7,11,13-14H,2,4,6,8-9H2. The number of fused-ring (bicyclic) bond motifs is 3. The molecule has 0 N–H and O–H groups in total. The number of alkyl halides is 1. The third-order valence-electron chi connectivity index (χ3n) is 4.30. The Balaban J connectivity index is 2.05. The second kappa shape index (κ2) is 3.93. The van der Waals surface area contributed by atoms with Crippen molar-refractivity contribution in [3.8, 4) is 0 Å². The molecular weight excluding hydrogens is 248 g/mol. The molecule has 0 radical (unpaired) electrons. The molecule has 3 atom stereocenters. The number of hydrogen-bond donors (Lipinski definition) is 0. The minimum atomic E-state index is 0.784. The van der Waals surface area contributed by atoms with Crippen molar-refractivity contribution in [2.24, 2.45) is 5.92 Å². The Morgan fingerprint density at radius 1 is 1.07 bits per heavy atom. The molecule has 1 aromatic carbocycles. The maximum atomic E-state index is 3.71. The van der Waals surface area contributed by atoms with Gasteiger partial charge in [0.05, 0.1) is 0 Å². The fourth-order valence-electron chi connectivity index (χ4n) is 3.64. The number of benzene rings is 1. The molecule has 2 aliphatic carbocycles. The lowest BCUT2D eigenvalue weighted by Crippen LogP contribution is -2.17. The van der Waals surface area contributed by atoms with Crippen molar-refractivity contribution in [2.75, 3.05) is 5.33 Å². The molecule has 3 rings (SSSR count). The summed E-state index contributed by atoms with van der Waals surface area (Å²) in [7, 11) is 0. The Hall–Kier alpha value is -0.300. The molecule has 1 fully saturated rings. The average molecular weight is 265 g/mol. The average Bonchev–Trinajstić information content (AvgIpc) is 2.63. The third-order valence-corrected chi connectivity index (χ3v) is 4.99. The highest BCUT2D eigenvalue weighted by Crippen LogP contribution is 2.53. The van der Waals surface area contributed by atoms with Crippen LogP contribution in [0.25, 0.3) is 0 Å². The molecule has 0 saturated heterocycles. The van der Waals surface area contributed by atoms with E-state index in [1.807, 2.05) is 0 Å². The van der Waals surface area contributed by atoms with Crippen LogP contribution in [0.3, 0.4) is 0 Å². The zero-order valence-corrected chi connectivity index (χ0v) is 10.5. The van der Waals surface area contributed by atoms with Gasteiger partial charge in [-0.25, -0.2) is 0 Å². The highest BCUT2D eigenvalue weighted by molar-refractivity contribution is 9.09. The van der Waals surface area contributed by atoms with E-state index in [-0.39, 0.29) is 0 Å². The first-order valence-corrected chi connectivity index (χ1v) is 7.18. The van der Waals surface area contributed by atoms with E-state index in [2.05, 4.69) is 40.2 Å². The lowest BCUT2D eigenvalue weighted by atomic mass is 9.77. The normalized spacial score (nSPS) is 33.5. The molecule has 15 heavy (non-hydrogen) atoms.